The van der Waals surface area contributed by atoms with Crippen LogP contribution in [-0.4, -0.2) is 45.8 Å². The Bertz CT molecular complexity index is 108. The highest BCUT2D eigenvalue weighted by Crippen LogP contribution is 2.04. The second-order valence-corrected chi connectivity index (χ2v) is 2.38. The first-order valence-electron chi connectivity index (χ1n) is 2.69. The van der Waals surface area contributed by atoms with Gasteiger partial charge in [0, 0.05) is 0 Å². The number of halogens is 1. The Morgan fingerprint density at radius 3 is 2.30 bits per heavy atom. The molecule has 5 heteroatoms. The SMILES string of the molecule is O=C[C@@H](O)[C@H](O)[C@@H](Cl)CO. The first kappa shape index (κ1) is 9.84. The predicted octanol–water partition coefficient (Wildman–Crippen LogP) is -1.49. The Morgan fingerprint density at radius 1 is 1.50 bits per heavy atom. The largest absolute Gasteiger partial charge is 0.395 e. The van der Waals surface area contributed by atoms with Crippen LogP contribution in [0.2, 0.25) is 0 Å². The highest BCUT2D eigenvalue weighted by Gasteiger charge is 2.22. The van der Waals surface area contributed by atoms with Gasteiger partial charge in [0.1, 0.15) is 12.2 Å². The zero-order chi connectivity index (χ0) is 8.15. The topological polar surface area (TPSA) is 77.8 Å². The molecule has 0 fully saturated rings. The highest BCUT2D eigenvalue weighted by molar-refractivity contribution is 6.21. The van der Waals surface area contributed by atoms with Gasteiger partial charge in [-0.15, -0.1) is 11.6 Å². The van der Waals surface area contributed by atoms with Gasteiger partial charge in [-0.3, -0.25) is 0 Å². The van der Waals surface area contributed by atoms with Crippen LogP contribution in [0, 0.1) is 0 Å². The van der Waals surface area contributed by atoms with Crippen LogP contribution < -0.4 is 0 Å². The Kier molecular flexibility index (Phi) is 4.55. The minimum Gasteiger partial charge on any atom is -0.395 e. The molecule has 3 atom stereocenters. The van der Waals surface area contributed by atoms with Crippen molar-refractivity contribution in [3.05, 3.63) is 0 Å². The first-order valence-corrected chi connectivity index (χ1v) is 3.13. The molecule has 0 radical (unpaired) electrons. The Labute approximate surface area is 63.0 Å². The van der Waals surface area contributed by atoms with Gasteiger partial charge < -0.3 is 20.1 Å². The third-order valence-corrected chi connectivity index (χ3v) is 1.43. The fourth-order valence-corrected chi connectivity index (χ4v) is 0.551. The number of aliphatic hydroxyl groups excluding tert-OH is 3. The maximum atomic E-state index is 9.82. The molecule has 0 bridgehead atoms. The lowest BCUT2D eigenvalue weighted by Gasteiger charge is -2.15. The summed E-state index contributed by atoms with van der Waals surface area (Å²) in [6, 6.07) is 0. The number of hydrogen-bond acceptors (Lipinski definition) is 4. The van der Waals surface area contributed by atoms with Crippen LogP contribution in [0.3, 0.4) is 0 Å². The predicted molar refractivity (Wildman–Crippen MR) is 34.8 cm³/mol. The quantitative estimate of drug-likeness (QED) is 0.353. The average Bonchev–Trinajstić information content (AvgIpc) is 2.00. The zero-order valence-electron chi connectivity index (χ0n) is 5.14. The fraction of sp³-hybridized carbons (Fsp3) is 0.800. The molecular formula is C5H9ClO4. The number of aliphatic hydroxyl groups is 3. The van der Waals surface area contributed by atoms with Gasteiger partial charge in [0.2, 0.25) is 0 Å². The summed E-state index contributed by atoms with van der Waals surface area (Å²) in [5.41, 5.74) is 0. The molecule has 0 amide bonds. The number of aldehydes is 1. The molecular weight excluding hydrogens is 160 g/mol. The number of alkyl halides is 1. The van der Waals surface area contributed by atoms with Gasteiger partial charge in [-0.05, 0) is 0 Å². The van der Waals surface area contributed by atoms with Gasteiger partial charge >= 0.3 is 0 Å². The Morgan fingerprint density at radius 2 is 2.00 bits per heavy atom. The molecule has 4 nitrogen and oxygen atoms in total. The molecule has 0 heterocycles. The van der Waals surface area contributed by atoms with Gasteiger partial charge in [-0.1, -0.05) is 0 Å². The molecule has 10 heavy (non-hydrogen) atoms. The van der Waals surface area contributed by atoms with Gasteiger partial charge in [-0.25, -0.2) is 0 Å². The summed E-state index contributed by atoms with van der Waals surface area (Å²) in [6.45, 7) is -0.479. The van der Waals surface area contributed by atoms with Crippen molar-refractivity contribution < 1.29 is 20.1 Å². The lowest BCUT2D eigenvalue weighted by molar-refractivity contribution is -0.120. The summed E-state index contributed by atoms with van der Waals surface area (Å²) < 4.78 is 0. The minimum absolute atomic E-state index is 0.162. The van der Waals surface area contributed by atoms with Crippen molar-refractivity contribution in [3.63, 3.8) is 0 Å². The van der Waals surface area contributed by atoms with Gasteiger partial charge in [-0.2, -0.15) is 0 Å². The number of carbonyl (C=O) groups excluding carboxylic acids is 1. The van der Waals surface area contributed by atoms with E-state index in [-0.39, 0.29) is 6.29 Å². The Balaban J connectivity index is 3.80. The van der Waals surface area contributed by atoms with Gasteiger partial charge in [0.15, 0.2) is 6.29 Å². The molecule has 0 aromatic heterocycles. The van der Waals surface area contributed by atoms with E-state index in [0.29, 0.717) is 0 Å². The first-order chi connectivity index (χ1) is 4.63. The number of carbonyl (C=O) groups is 1. The fourth-order valence-electron chi connectivity index (χ4n) is 0.402. The maximum absolute atomic E-state index is 9.82. The summed E-state index contributed by atoms with van der Waals surface area (Å²) in [7, 11) is 0. The normalized spacial score (nSPS) is 19.6. The lowest BCUT2D eigenvalue weighted by Crippen LogP contribution is -2.37. The van der Waals surface area contributed by atoms with Crippen LogP contribution in [0.4, 0.5) is 0 Å². The van der Waals surface area contributed by atoms with Crippen molar-refractivity contribution in [2.24, 2.45) is 0 Å². The van der Waals surface area contributed by atoms with E-state index in [2.05, 4.69) is 0 Å². The zero-order valence-corrected chi connectivity index (χ0v) is 5.90. The molecule has 0 saturated carbocycles. The maximum Gasteiger partial charge on any atom is 0.151 e. The van der Waals surface area contributed by atoms with Crippen molar-refractivity contribution in [1.29, 1.82) is 0 Å². The smallest absolute Gasteiger partial charge is 0.151 e. The standard InChI is InChI=1S/C5H9ClO4/c6-3(1-7)5(10)4(9)2-8/h2-5,7,9-10H,1H2/t3-,4+,5+/m0/s1. The molecule has 0 aromatic carbocycles. The van der Waals surface area contributed by atoms with Gasteiger partial charge in [0.25, 0.3) is 0 Å². The molecule has 0 rings (SSSR count). The summed E-state index contributed by atoms with van der Waals surface area (Å²) >= 11 is 5.27. The van der Waals surface area contributed by atoms with Crippen LogP contribution in [-0.2, 0) is 4.79 Å². The second-order valence-electron chi connectivity index (χ2n) is 1.82. The molecule has 0 unspecified atom stereocenters. The van der Waals surface area contributed by atoms with Crippen molar-refractivity contribution in [3.8, 4) is 0 Å². The van der Waals surface area contributed by atoms with Crippen LogP contribution in [0.25, 0.3) is 0 Å². The number of hydrogen-bond donors (Lipinski definition) is 3. The average molecular weight is 169 g/mol. The highest BCUT2D eigenvalue weighted by atomic mass is 35.5. The van der Waals surface area contributed by atoms with Crippen LogP contribution >= 0.6 is 11.6 Å². The third kappa shape index (κ3) is 2.62. The van der Waals surface area contributed by atoms with E-state index in [1.165, 1.54) is 0 Å². The van der Waals surface area contributed by atoms with Crippen LogP contribution in [0.5, 0.6) is 0 Å². The number of rotatable bonds is 4. The second kappa shape index (κ2) is 4.62. The van der Waals surface area contributed by atoms with Crippen molar-refractivity contribution in [2.45, 2.75) is 17.6 Å². The molecule has 0 aliphatic heterocycles. The van der Waals surface area contributed by atoms with Gasteiger partial charge in [0.05, 0.1) is 12.0 Å². The molecule has 0 aliphatic rings. The monoisotopic (exact) mass is 168 g/mol. The third-order valence-electron chi connectivity index (χ3n) is 1.03. The van der Waals surface area contributed by atoms with Crippen molar-refractivity contribution >= 4 is 17.9 Å². The van der Waals surface area contributed by atoms with E-state index in [1.807, 2.05) is 0 Å². The van der Waals surface area contributed by atoms with Crippen LogP contribution in [0.1, 0.15) is 0 Å². The van der Waals surface area contributed by atoms with E-state index in [9.17, 15) is 4.79 Å². The van der Waals surface area contributed by atoms with Crippen LogP contribution in [0.15, 0.2) is 0 Å². The van der Waals surface area contributed by atoms with E-state index in [0.717, 1.165) is 0 Å². The van der Waals surface area contributed by atoms with E-state index >= 15 is 0 Å². The molecule has 0 saturated heterocycles. The minimum atomic E-state index is -1.52. The Hall–Kier alpha value is -0.160. The van der Waals surface area contributed by atoms with Crippen molar-refractivity contribution in [2.75, 3.05) is 6.61 Å². The van der Waals surface area contributed by atoms with E-state index < -0.39 is 24.2 Å². The summed E-state index contributed by atoms with van der Waals surface area (Å²) in [4.78, 5) is 9.82. The lowest BCUT2D eigenvalue weighted by atomic mass is 10.1. The molecule has 0 aliphatic carbocycles. The molecule has 60 valence electrons. The summed E-state index contributed by atoms with van der Waals surface area (Å²) in [5, 5.41) is 24.8. The molecule has 0 aromatic rings. The van der Waals surface area contributed by atoms with E-state index in [4.69, 9.17) is 26.9 Å². The molecule has 0 spiro atoms. The van der Waals surface area contributed by atoms with E-state index in [1.54, 1.807) is 0 Å². The summed E-state index contributed by atoms with van der Waals surface area (Å²) in [5.74, 6) is 0. The van der Waals surface area contributed by atoms with Crippen molar-refractivity contribution in [1.82, 2.24) is 0 Å². The summed E-state index contributed by atoms with van der Waals surface area (Å²) in [6.07, 6.45) is -2.76. The molecule has 3 N–H and O–H groups in total.